The lowest BCUT2D eigenvalue weighted by Gasteiger charge is -2.53. The molecule has 4 aromatic rings. The zero-order chi connectivity index (χ0) is 43.1. The van der Waals surface area contributed by atoms with E-state index in [-0.39, 0.29) is 64.3 Å². The second-order valence-electron chi connectivity index (χ2n) is 19.3. The molecule has 5 amide bonds. The second kappa shape index (κ2) is 17.1. The van der Waals surface area contributed by atoms with E-state index in [2.05, 4.69) is 45.2 Å². The van der Waals surface area contributed by atoms with Crippen molar-refractivity contribution in [2.45, 2.75) is 119 Å². The van der Waals surface area contributed by atoms with Crippen LogP contribution in [0.15, 0.2) is 91.1 Å². The van der Waals surface area contributed by atoms with Crippen molar-refractivity contribution in [2.75, 3.05) is 19.6 Å². The number of imidazole rings is 1. The van der Waals surface area contributed by atoms with E-state index in [1.165, 1.54) is 5.56 Å². The second-order valence-corrected chi connectivity index (χ2v) is 19.3. The number of nitrogens with zero attached hydrogens (tertiary/aromatic N) is 3. The highest BCUT2D eigenvalue weighted by atomic mass is 16.2. The van der Waals surface area contributed by atoms with Crippen LogP contribution in [0.4, 0.5) is 0 Å². The Morgan fingerprint density at radius 1 is 0.651 bits per heavy atom. The predicted octanol–water partition coefficient (Wildman–Crippen LogP) is 6.97. The molecule has 3 heterocycles. The molecular weight excluding hydrogens is 791 g/mol. The summed E-state index contributed by atoms with van der Waals surface area (Å²) in [6, 6.07) is 26.1. The number of aromatic amines is 1. The van der Waals surface area contributed by atoms with E-state index in [4.69, 9.17) is 4.98 Å². The van der Waals surface area contributed by atoms with Gasteiger partial charge in [-0.1, -0.05) is 84.9 Å². The van der Waals surface area contributed by atoms with Gasteiger partial charge in [-0.25, -0.2) is 4.98 Å². The molecule has 7 aliphatic rings. The third-order valence-corrected chi connectivity index (χ3v) is 15.4. The maximum absolute atomic E-state index is 14.1. The normalized spacial score (nSPS) is 26.2. The van der Waals surface area contributed by atoms with Gasteiger partial charge in [0.15, 0.2) is 0 Å². The Kier molecular flexibility index (Phi) is 11.2. The van der Waals surface area contributed by atoms with Crippen LogP contribution in [-0.4, -0.2) is 75.0 Å². The van der Waals surface area contributed by atoms with Gasteiger partial charge >= 0.3 is 0 Å². The van der Waals surface area contributed by atoms with Crippen LogP contribution < -0.4 is 16.0 Å². The lowest BCUT2D eigenvalue weighted by Crippen LogP contribution is -2.54. The van der Waals surface area contributed by atoms with Crippen LogP contribution in [0, 0.1) is 17.3 Å². The van der Waals surface area contributed by atoms with Crippen LogP contribution in [-0.2, 0) is 29.4 Å². The predicted molar refractivity (Wildman–Crippen MR) is 237 cm³/mol. The smallest absolute Gasteiger partial charge is 0.250 e. The summed E-state index contributed by atoms with van der Waals surface area (Å²) in [6.07, 6.45) is 14.1. The molecule has 0 unspecified atom stereocenters. The quantitative estimate of drug-likeness (QED) is 0.107. The minimum atomic E-state index is -0.729. The average Bonchev–Trinajstić information content (AvgIpc) is 4.21. The maximum Gasteiger partial charge on any atom is 0.250 e. The molecule has 4 N–H and O–H groups in total. The van der Waals surface area contributed by atoms with Crippen molar-refractivity contribution in [3.05, 3.63) is 114 Å². The Morgan fingerprint density at radius 2 is 1.19 bits per heavy atom. The number of amides is 5. The highest BCUT2D eigenvalue weighted by Gasteiger charge is 2.53. The molecular formula is C51H59N7O5. The lowest BCUT2D eigenvalue weighted by atomic mass is 9.51. The van der Waals surface area contributed by atoms with Gasteiger partial charge in [0.1, 0.15) is 17.9 Å². The van der Waals surface area contributed by atoms with Crippen LogP contribution in [0.2, 0.25) is 0 Å². The molecule has 11 rings (SSSR count). The first-order chi connectivity index (χ1) is 30.7. The van der Waals surface area contributed by atoms with E-state index in [1.807, 2.05) is 76.7 Å². The van der Waals surface area contributed by atoms with Crippen LogP contribution in [0.5, 0.6) is 0 Å². The summed E-state index contributed by atoms with van der Waals surface area (Å²) in [5.41, 5.74) is 4.48. The third kappa shape index (κ3) is 8.29. The SMILES string of the molecule is O=C(N[C@@H](C(=O)N1CCC[C@H]1CNC(=O)C12CCC(c3ccc(-c4cnc([C@@H]5CCCN5C(=O)[C@H](NC(=O)C5CC5)c5ccccc5)[nH]4)cc3)(CC1)CC2)c1ccccc1)C1CC1. The van der Waals surface area contributed by atoms with E-state index in [0.717, 1.165) is 118 Å². The van der Waals surface area contributed by atoms with Gasteiger partial charge in [-0.05, 0) is 118 Å². The number of rotatable bonds is 14. The van der Waals surface area contributed by atoms with E-state index in [9.17, 15) is 24.0 Å². The van der Waals surface area contributed by atoms with E-state index in [0.29, 0.717) is 19.6 Å². The summed E-state index contributed by atoms with van der Waals surface area (Å²) < 4.78 is 0. The van der Waals surface area contributed by atoms with Crippen LogP contribution in [0.3, 0.4) is 0 Å². The minimum absolute atomic E-state index is 0.000255. The van der Waals surface area contributed by atoms with Gasteiger partial charge in [-0.15, -0.1) is 0 Å². The Hall–Kier alpha value is -5.78. The number of carbonyl (C=O) groups excluding carboxylic acids is 5. The van der Waals surface area contributed by atoms with Crippen molar-refractivity contribution < 1.29 is 24.0 Å². The summed E-state index contributed by atoms with van der Waals surface area (Å²) in [6.45, 7) is 1.65. The zero-order valence-corrected chi connectivity index (χ0v) is 36.0. The summed E-state index contributed by atoms with van der Waals surface area (Å²) in [4.78, 5) is 80.0. The maximum atomic E-state index is 14.1. The Balaban J connectivity index is 0.753. The molecule has 3 aromatic carbocycles. The van der Waals surface area contributed by atoms with Crippen molar-refractivity contribution in [3.8, 4) is 11.3 Å². The van der Waals surface area contributed by atoms with Crippen molar-refractivity contribution in [1.82, 2.24) is 35.7 Å². The van der Waals surface area contributed by atoms with Crippen LogP contribution >= 0.6 is 0 Å². The zero-order valence-electron chi connectivity index (χ0n) is 36.0. The molecule has 2 bridgehead atoms. The summed E-state index contributed by atoms with van der Waals surface area (Å²) in [5.74, 6) is 0.573. The molecule has 0 radical (unpaired) electrons. The van der Waals surface area contributed by atoms with Gasteiger partial charge in [0, 0.05) is 42.9 Å². The summed E-state index contributed by atoms with van der Waals surface area (Å²) >= 11 is 0. The number of benzene rings is 3. The molecule has 63 heavy (non-hydrogen) atoms. The first kappa shape index (κ1) is 41.2. The minimum Gasteiger partial charge on any atom is -0.354 e. The van der Waals surface area contributed by atoms with Crippen molar-refractivity contribution in [2.24, 2.45) is 17.3 Å². The first-order valence-corrected chi connectivity index (χ1v) is 23.5. The van der Waals surface area contributed by atoms with Gasteiger partial charge in [0.05, 0.1) is 17.9 Å². The molecule has 7 fully saturated rings. The standard InChI is InChI=1S/C51H59N7O5/c59-45(36-15-16-36)55-42(34-9-3-1-4-10-34)47(61)57-29-7-13-39(57)31-53-49(63)51-26-23-50(24-27-51,25-28-51)38-21-19-33(20-22-38)40-32-52-44(54-40)41-14-8-30-58(41)48(62)43(35-11-5-2-6-12-35)56-46(60)37-17-18-37/h1-6,9-12,19-22,32,36-37,39,41-43H,7-8,13-18,23-31H2,(H,52,54)(H,53,63)(H,55,59)(H,56,60)/t39-,41-,42+,43+,50?,51?/m0/s1. The van der Waals surface area contributed by atoms with Crippen molar-refractivity contribution in [1.29, 1.82) is 0 Å². The highest BCUT2D eigenvalue weighted by molar-refractivity contribution is 5.91. The Morgan fingerprint density at radius 3 is 1.76 bits per heavy atom. The fourth-order valence-corrected chi connectivity index (χ4v) is 11.1. The summed E-state index contributed by atoms with van der Waals surface area (Å²) in [7, 11) is 0. The number of carbonyl (C=O) groups is 5. The number of likely N-dealkylation sites (tertiary alicyclic amines) is 2. The molecule has 2 saturated heterocycles. The van der Waals surface area contributed by atoms with Gasteiger partial charge in [-0.2, -0.15) is 0 Å². The van der Waals surface area contributed by atoms with Crippen molar-refractivity contribution in [3.63, 3.8) is 0 Å². The molecule has 12 nitrogen and oxygen atoms in total. The van der Waals surface area contributed by atoms with E-state index in [1.54, 1.807) is 0 Å². The molecule has 5 aliphatic carbocycles. The molecule has 5 saturated carbocycles. The van der Waals surface area contributed by atoms with E-state index >= 15 is 0 Å². The van der Waals surface area contributed by atoms with Crippen LogP contribution in [0.25, 0.3) is 11.3 Å². The lowest BCUT2D eigenvalue weighted by molar-refractivity contribution is -0.140. The monoisotopic (exact) mass is 849 g/mol. The molecule has 4 atom stereocenters. The first-order valence-electron chi connectivity index (χ1n) is 23.5. The van der Waals surface area contributed by atoms with Gasteiger partial charge in [-0.3, -0.25) is 24.0 Å². The molecule has 2 aliphatic heterocycles. The summed E-state index contributed by atoms with van der Waals surface area (Å²) in [5, 5.41) is 9.42. The largest absolute Gasteiger partial charge is 0.354 e. The Bertz CT molecular complexity index is 2310. The number of nitrogens with one attached hydrogen (secondary N) is 4. The fourth-order valence-electron chi connectivity index (χ4n) is 11.1. The van der Waals surface area contributed by atoms with Gasteiger partial charge < -0.3 is 30.7 Å². The third-order valence-electron chi connectivity index (χ3n) is 15.4. The van der Waals surface area contributed by atoms with Gasteiger partial charge in [0.25, 0.3) is 0 Å². The topological polar surface area (TPSA) is 157 Å². The molecule has 0 spiro atoms. The number of H-pyrrole nitrogens is 1. The molecule has 328 valence electrons. The number of hydrogen-bond acceptors (Lipinski definition) is 6. The number of hydrogen-bond donors (Lipinski definition) is 4. The van der Waals surface area contributed by atoms with Crippen LogP contribution in [0.1, 0.15) is 131 Å². The molecule has 12 heteroatoms. The molecule has 1 aromatic heterocycles. The fraction of sp³-hybridized carbons (Fsp3) is 0.490. The Labute approximate surface area is 369 Å². The highest BCUT2D eigenvalue weighted by Crippen LogP contribution is 2.58. The average molecular weight is 850 g/mol. The van der Waals surface area contributed by atoms with E-state index < -0.39 is 12.1 Å². The number of fused-ring (bicyclic) bond motifs is 3. The van der Waals surface area contributed by atoms with Crippen molar-refractivity contribution >= 4 is 29.5 Å². The van der Waals surface area contributed by atoms with Gasteiger partial charge in [0.2, 0.25) is 29.5 Å². The number of aromatic nitrogens is 2.